The van der Waals surface area contributed by atoms with Crippen molar-refractivity contribution in [3.63, 3.8) is 0 Å². The number of rotatable bonds is 6. The smallest absolute Gasteiger partial charge is 0.255 e. The molecule has 18 heavy (non-hydrogen) atoms. The van der Waals surface area contributed by atoms with Crippen LogP contribution in [0.25, 0.3) is 0 Å². The van der Waals surface area contributed by atoms with Crippen LogP contribution in [-0.4, -0.2) is 44.2 Å². The highest BCUT2D eigenvalue weighted by Crippen LogP contribution is 2.17. The fraction of sp³-hybridized carbons (Fsp3) is 0.500. The summed E-state index contributed by atoms with van der Waals surface area (Å²) in [5.41, 5.74) is 1.54. The number of amides is 1. The topological polar surface area (TPSA) is 41.6 Å². The molecule has 1 amide bonds. The molecule has 1 aromatic carbocycles. The van der Waals surface area contributed by atoms with Crippen molar-refractivity contribution in [2.24, 2.45) is 0 Å². The van der Waals surface area contributed by atoms with Crippen molar-refractivity contribution in [1.82, 2.24) is 4.90 Å². The zero-order valence-corrected chi connectivity index (χ0v) is 11.6. The largest absolute Gasteiger partial charge is 0.380 e. The number of carbonyl (C=O) groups excluding carboxylic acids is 1. The summed E-state index contributed by atoms with van der Waals surface area (Å²) in [6.07, 6.45) is 0. The van der Waals surface area contributed by atoms with Gasteiger partial charge in [-0.15, -0.1) is 0 Å². The summed E-state index contributed by atoms with van der Waals surface area (Å²) in [5.74, 6) is 0.00158. The van der Waals surface area contributed by atoms with Gasteiger partial charge in [-0.3, -0.25) is 4.79 Å². The molecular weight excluding hydrogens is 228 g/mol. The number of nitrogens with one attached hydrogen (secondary N) is 1. The van der Waals surface area contributed by atoms with Gasteiger partial charge in [0, 0.05) is 32.4 Å². The molecule has 1 atom stereocenters. The van der Waals surface area contributed by atoms with E-state index in [2.05, 4.69) is 5.32 Å². The Morgan fingerprint density at radius 3 is 2.67 bits per heavy atom. The SMILES string of the molecule is CCOCC(C)Nc1ccccc1C(=O)N(C)C. The summed E-state index contributed by atoms with van der Waals surface area (Å²) in [5, 5.41) is 3.31. The van der Waals surface area contributed by atoms with E-state index in [9.17, 15) is 4.79 Å². The van der Waals surface area contributed by atoms with E-state index in [-0.39, 0.29) is 11.9 Å². The minimum atomic E-state index is 0.00158. The van der Waals surface area contributed by atoms with Crippen LogP contribution in [0.1, 0.15) is 24.2 Å². The molecule has 100 valence electrons. The number of para-hydroxylation sites is 1. The first-order chi connectivity index (χ1) is 8.56. The van der Waals surface area contributed by atoms with Crippen LogP contribution >= 0.6 is 0 Å². The van der Waals surface area contributed by atoms with Gasteiger partial charge in [-0.05, 0) is 26.0 Å². The zero-order valence-electron chi connectivity index (χ0n) is 11.6. The molecule has 0 aliphatic rings. The third kappa shape index (κ3) is 4.04. The highest BCUT2D eigenvalue weighted by molar-refractivity contribution is 5.99. The second-order valence-corrected chi connectivity index (χ2v) is 4.45. The number of carbonyl (C=O) groups is 1. The van der Waals surface area contributed by atoms with Crippen molar-refractivity contribution in [2.75, 3.05) is 32.6 Å². The molecule has 1 unspecified atom stereocenters. The zero-order chi connectivity index (χ0) is 13.5. The number of benzene rings is 1. The van der Waals surface area contributed by atoms with Crippen LogP contribution in [0.4, 0.5) is 5.69 Å². The van der Waals surface area contributed by atoms with E-state index < -0.39 is 0 Å². The lowest BCUT2D eigenvalue weighted by Crippen LogP contribution is -2.26. The summed E-state index contributed by atoms with van der Waals surface area (Å²) < 4.78 is 5.36. The van der Waals surface area contributed by atoms with Gasteiger partial charge in [-0.25, -0.2) is 0 Å². The predicted molar refractivity (Wildman–Crippen MR) is 74.0 cm³/mol. The molecule has 0 saturated heterocycles. The van der Waals surface area contributed by atoms with Gasteiger partial charge in [-0.1, -0.05) is 12.1 Å². The predicted octanol–water partition coefficient (Wildman–Crippen LogP) is 2.23. The van der Waals surface area contributed by atoms with Crippen molar-refractivity contribution in [3.05, 3.63) is 29.8 Å². The van der Waals surface area contributed by atoms with Crippen molar-refractivity contribution < 1.29 is 9.53 Å². The van der Waals surface area contributed by atoms with Crippen molar-refractivity contribution in [2.45, 2.75) is 19.9 Å². The number of anilines is 1. The van der Waals surface area contributed by atoms with Crippen LogP contribution in [0.2, 0.25) is 0 Å². The molecule has 0 fully saturated rings. The summed E-state index contributed by atoms with van der Waals surface area (Å²) in [6.45, 7) is 5.33. The Labute approximate surface area is 109 Å². The van der Waals surface area contributed by atoms with E-state index >= 15 is 0 Å². The van der Waals surface area contributed by atoms with Gasteiger partial charge in [0.1, 0.15) is 0 Å². The molecule has 0 aliphatic carbocycles. The first-order valence-electron chi connectivity index (χ1n) is 6.21. The van der Waals surface area contributed by atoms with Gasteiger partial charge < -0.3 is 15.0 Å². The van der Waals surface area contributed by atoms with Gasteiger partial charge in [0.2, 0.25) is 0 Å². The van der Waals surface area contributed by atoms with Gasteiger partial charge in [-0.2, -0.15) is 0 Å². The van der Waals surface area contributed by atoms with E-state index in [4.69, 9.17) is 4.74 Å². The van der Waals surface area contributed by atoms with E-state index in [0.29, 0.717) is 18.8 Å². The number of hydrogen-bond donors (Lipinski definition) is 1. The van der Waals surface area contributed by atoms with E-state index in [0.717, 1.165) is 5.69 Å². The Morgan fingerprint density at radius 1 is 1.39 bits per heavy atom. The van der Waals surface area contributed by atoms with E-state index in [1.807, 2.05) is 38.1 Å². The van der Waals surface area contributed by atoms with Crippen LogP contribution in [0.3, 0.4) is 0 Å². The first kappa shape index (κ1) is 14.5. The molecule has 0 spiro atoms. The van der Waals surface area contributed by atoms with Crippen LogP contribution in [0.5, 0.6) is 0 Å². The second kappa shape index (κ2) is 7.01. The highest BCUT2D eigenvalue weighted by atomic mass is 16.5. The lowest BCUT2D eigenvalue weighted by Gasteiger charge is -2.19. The Hall–Kier alpha value is -1.55. The number of nitrogens with zero attached hydrogens (tertiary/aromatic N) is 1. The lowest BCUT2D eigenvalue weighted by atomic mass is 10.1. The second-order valence-electron chi connectivity index (χ2n) is 4.45. The van der Waals surface area contributed by atoms with Gasteiger partial charge >= 0.3 is 0 Å². The molecular formula is C14H22N2O2. The Kier molecular flexibility index (Phi) is 5.65. The Balaban J connectivity index is 2.79. The number of hydrogen-bond acceptors (Lipinski definition) is 3. The van der Waals surface area contributed by atoms with E-state index in [1.54, 1.807) is 19.0 Å². The molecule has 1 rings (SSSR count). The molecule has 0 aliphatic heterocycles. The van der Waals surface area contributed by atoms with Crippen LogP contribution in [-0.2, 0) is 4.74 Å². The average molecular weight is 250 g/mol. The third-order valence-corrected chi connectivity index (χ3v) is 2.54. The molecule has 0 radical (unpaired) electrons. The Morgan fingerprint density at radius 2 is 2.06 bits per heavy atom. The molecule has 0 heterocycles. The van der Waals surface area contributed by atoms with Gasteiger partial charge in [0.25, 0.3) is 5.91 Å². The van der Waals surface area contributed by atoms with Gasteiger partial charge in [0.05, 0.1) is 12.2 Å². The lowest BCUT2D eigenvalue weighted by molar-refractivity contribution is 0.0828. The molecule has 4 nitrogen and oxygen atoms in total. The number of ether oxygens (including phenoxy) is 1. The summed E-state index contributed by atoms with van der Waals surface area (Å²) in [6, 6.07) is 7.70. The molecule has 1 aromatic rings. The molecule has 0 aromatic heterocycles. The monoisotopic (exact) mass is 250 g/mol. The maximum absolute atomic E-state index is 12.0. The van der Waals surface area contributed by atoms with Crippen LogP contribution in [0.15, 0.2) is 24.3 Å². The summed E-state index contributed by atoms with van der Waals surface area (Å²) in [4.78, 5) is 13.6. The molecule has 4 heteroatoms. The Bertz CT molecular complexity index is 391. The van der Waals surface area contributed by atoms with Crippen LogP contribution in [0, 0.1) is 0 Å². The normalized spacial score (nSPS) is 12.0. The fourth-order valence-electron chi connectivity index (χ4n) is 1.64. The standard InChI is InChI=1S/C14H22N2O2/c1-5-18-10-11(2)15-13-9-7-6-8-12(13)14(17)16(3)4/h6-9,11,15H,5,10H2,1-4H3. The highest BCUT2D eigenvalue weighted by Gasteiger charge is 2.13. The summed E-state index contributed by atoms with van der Waals surface area (Å²) >= 11 is 0. The third-order valence-electron chi connectivity index (χ3n) is 2.54. The summed E-state index contributed by atoms with van der Waals surface area (Å²) in [7, 11) is 3.51. The molecule has 0 bridgehead atoms. The molecule has 0 saturated carbocycles. The van der Waals surface area contributed by atoms with Crippen LogP contribution < -0.4 is 5.32 Å². The maximum Gasteiger partial charge on any atom is 0.255 e. The maximum atomic E-state index is 12.0. The van der Waals surface area contributed by atoms with Gasteiger partial charge in [0.15, 0.2) is 0 Å². The first-order valence-corrected chi connectivity index (χ1v) is 6.21. The molecule has 1 N–H and O–H groups in total. The average Bonchev–Trinajstić information content (AvgIpc) is 2.36. The van der Waals surface area contributed by atoms with Crippen molar-refractivity contribution >= 4 is 11.6 Å². The minimum absolute atomic E-state index is 0.00158. The van der Waals surface area contributed by atoms with E-state index in [1.165, 1.54) is 0 Å². The van der Waals surface area contributed by atoms with Crippen molar-refractivity contribution in [1.29, 1.82) is 0 Å². The fourth-order valence-corrected chi connectivity index (χ4v) is 1.64. The minimum Gasteiger partial charge on any atom is -0.380 e. The van der Waals surface area contributed by atoms with Crippen molar-refractivity contribution in [3.8, 4) is 0 Å². The quantitative estimate of drug-likeness (QED) is 0.841.